The van der Waals surface area contributed by atoms with Crippen molar-refractivity contribution >= 4 is 11.6 Å². The Hall–Kier alpha value is -2.27. The molecule has 1 aromatic heterocycles. The lowest BCUT2D eigenvalue weighted by Crippen LogP contribution is -2.48. The second-order valence-corrected chi connectivity index (χ2v) is 6.24. The van der Waals surface area contributed by atoms with Gasteiger partial charge >= 0.3 is 0 Å². The molecule has 0 atom stereocenters. The van der Waals surface area contributed by atoms with E-state index in [-0.39, 0.29) is 18.0 Å². The molecule has 2 heterocycles. The summed E-state index contributed by atoms with van der Waals surface area (Å²) >= 11 is 0. The second kappa shape index (κ2) is 5.42. The van der Waals surface area contributed by atoms with Crippen LogP contribution in [0.15, 0.2) is 30.5 Å². The molecule has 0 unspecified atom stereocenters. The molecule has 4 rings (SSSR count). The maximum atomic E-state index is 14.5. The van der Waals surface area contributed by atoms with Crippen molar-refractivity contribution in [1.29, 1.82) is 0 Å². The van der Waals surface area contributed by atoms with Gasteiger partial charge in [0, 0.05) is 22.9 Å². The lowest BCUT2D eigenvalue weighted by molar-refractivity contribution is -0.119. The maximum Gasteiger partial charge on any atom is 0.171 e. The number of rotatable bonds is 4. The average molecular weight is 312 g/mol. The number of Topliss-reactive ketones (excluding diaryl/α,β-unsaturated/α-hetero) is 1. The molecular weight excluding hydrogens is 295 g/mol. The van der Waals surface area contributed by atoms with Gasteiger partial charge < -0.3 is 10.0 Å². The largest absolute Gasteiger partial charge is 0.392 e. The topological polar surface area (TPSA) is 53.4 Å². The van der Waals surface area contributed by atoms with Gasteiger partial charge in [0.05, 0.1) is 19.7 Å². The summed E-state index contributed by atoms with van der Waals surface area (Å²) < 4.78 is 14.5. The highest BCUT2D eigenvalue weighted by molar-refractivity contribution is 5.95. The number of nitrogens with zero attached hydrogens (tertiary/aromatic N) is 2. The van der Waals surface area contributed by atoms with Gasteiger partial charge in [0.1, 0.15) is 11.6 Å². The molecule has 2 aliphatic rings. The molecule has 1 aromatic carbocycles. The van der Waals surface area contributed by atoms with Gasteiger partial charge in [-0.1, -0.05) is 18.2 Å². The second-order valence-electron chi connectivity index (χ2n) is 6.24. The minimum Gasteiger partial charge on any atom is -0.392 e. The number of benzene rings is 1. The lowest BCUT2D eigenvalue weighted by Gasteiger charge is -2.32. The van der Waals surface area contributed by atoms with Crippen LogP contribution in [-0.2, 0) is 11.4 Å². The summed E-state index contributed by atoms with van der Waals surface area (Å²) in [6.07, 6.45) is 3.88. The van der Waals surface area contributed by atoms with Crippen molar-refractivity contribution in [3.8, 4) is 11.1 Å². The highest BCUT2D eigenvalue weighted by Gasteiger charge is 2.33. The van der Waals surface area contributed by atoms with Crippen molar-refractivity contribution in [1.82, 2.24) is 4.98 Å². The van der Waals surface area contributed by atoms with Crippen LogP contribution in [-0.4, -0.2) is 29.0 Å². The number of halogens is 1. The van der Waals surface area contributed by atoms with Crippen LogP contribution < -0.4 is 4.90 Å². The fourth-order valence-electron chi connectivity index (χ4n) is 3.03. The number of hydrogen-bond donors (Lipinski definition) is 1. The van der Waals surface area contributed by atoms with E-state index >= 15 is 0 Å². The number of anilines is 1. The predicted octanol–water partition coefficient (Wildman–Crippen LogP) is 2.65. The van der Waals surface area contributed by atoms with E-state index < -0.39 is 5.82 Å². The third kappa shape index (κ3) is 2.51. The minimum absolute atomic E-state index is 0.222. The van der Waals surface area contributed by atoms with Crippen molar-refractivity contribution < 1.29 is 14.3 Å². The normalized spacial score (nSPS) is 17.3. The molecule has 2 fully saturated rings. The van der Waals surface area contributed by atoms with Gasteiger partial charge in [-0.25, -0.2) is 9.37 Å². The number of pyridine rings is 1. The summed E-state index contributed by atoms with van der Waals surface area (Å²) in [6, 6.07) is 7.01. The van der Waals surface area contributed by atoms with E-state index in [9.17, 15) is 14.3 Å². The number of aliphatic hydroxyl groups excluding tert-OH is 1. The molecule has 1 aliphatic heterocycles. The van der Waals surface area contributed by atoms with Crippen molar-refractivity contribution in [3.05, 3.63) is 47.4 Å². The van der Waals surface area contributed by atoms with Crippen LogP contribution >= 0.6 is 0 Å². The molecule has 0 spiro atoms. The van der Waals surface area contributed by atoms with Crippen molar-refractivity contribution in [2.24, 2.45) is 0 Å². The summed E-state index contributed by atoms with van der Waals surface area (Å²) in [5, 5.41) is 9.23. The first-order chi connectivity index (χ1) is 11.2. The fourth-order valence-corrected chi connectivity index (χ4v) is 3.03. The molecule has 5 heteroatoms. The quantitative estimate of drug-likeness (QED) is 0.943. The number of aliphatic hydroxyl groups is 1. The molecule has 1 saturated carbocycles. The van der Waals surface area contributed by atoms with E-state index in [2.05, 4.69) is 4.98 Å². The maximum absolute atomic E-state index is 14.5. The predicted molar refractivity (Wildman–Crippen MR) is 84.7 cm³/mol. The van der Waals surface area contributed by atoms with Gasteiger partial charge in [-0.3, -0.25) is 4.79 Å². The summed E-state index contributed by atoms with van der Waals surface area (Å²) in [5.41, 5.74) is 2.56. The van der Waals surface area contributed by atoms with Gasteiger partial charge in [-0.05, 0) is 30.4 Å². The fraction of sp³-hybridized carbons (Fsp3) is 0.333. The van der Waals surface area contributed by atoms with Crippen molar-refractivity contribution in [2.75, 3.05) is 18.0 Å². The Kier molecular flexibility index (Phi) is 3.38. The molecule has 1 saturated heterocycles. The number of carbonyl (C=O) groups is 1. The minimum atomic E-state index is -0.398. The number of aromatic nitrogens is 1. The first-order valence-electron chi connectivity index (χ1n) is 7.82. The van der Waals surface area contributed by atoms with Gasteiger partial charge in [0.15, 0.2) is 5.78 Å². The van der Waals surface area contributed by atoms with Crippen molar-refractivity contribution in [2.45, 2.75) is 25.4 Å². The number of carbonyl (C=O) groups excluding carboxylic acids is 1. The van der Waals surface area contributed by atoms with E-state index in [4.69, 9.17) is 0 Å². The zero-order chi connectivity index (χ0) is 16.0. The van der Waals surface area contributed by atoms with Crippen molar-refractivity contribution in [3.63, 3.8) is 0 Å². The molecule has 4 nitrogen and oxygen atoms in total. The Morgan fingerprint density at radius 1 is 1.30 bits per heavy atom. The Balaban J connectivity index is 1.76. The zero-order valence-electron chi connectivity index (χ0n) is 12.6. The molecule has 0 bridgehead atoms. The number of hydrogen-bond acceptors (Lipinski definition) is 4. The molecule has 118 valence electrons. The summed E-state index contributed by atoms with van der Waals surface area (Å²) in [5.74, 6) is 1.14. The third-order valence-corrected chi connectivity index (χ3v) is 4.51. The molecule has 23 heavy (non-hydrogen) atoms. The smallest absolute Gasteiger partial charge is 0.171 e. The van der Waals surface area contributed by atoms with E-state index in [0.717, 1.165) is 29.8 Å². The number of ketones is 1. The van der Waals surface area contributed by atoms with Crippen LogP contribution in [0, 0.1) is 5.82 Å². The highest BCUT2D eigenvalue weighted by Crippen LogP contribution is 2.45. The first kappa shape index (κ1) is 14.3. The average Bonchev–Trinajstić information content (AvgIpc) is 3.37. The summed E-state index contributed by atoms with van der Waals surface area (Å²) in [7, 11) is 0. The van der Waals surface area contributed by atoms with Crippen LogP contribution in [0.25, 0.3) is 11.1 Å². The summed E-state index contributed by atoms with van der Waals surface area (Å²) in [6.45, 7) is 0.511. The van der Waals surface area contributed by atoms with Gasteiger partial charge in [0.25, 0.3) is 0 Å². The Bertz CT molecular complexity index is 779. The van der Waals surface area contributed by atoms with E-state index in [1.807, 2.05) is 11.0 Å². The van der Waals surface area contributed by atoms with E-state index in [0.29, 0.717) is 24.6 Å². The highest BCUT2D eigenvalue weighted by atomic mass is 19.1. The van der Waals surface area contributed by atoms with Crippen LogP contribution in [0.3, 0.4) is 0 Å². The molecule has 0 amide bonds. The third-order valence-electron chi connectivity index (χ3n) is 4.51. The molecule has 1 N–H and O–H groups in total. The summed E-state index contributed by atoms with van der Waals surface area (Å²) in [4.78, 5) is 17.7. The zero-order valence-corrected chi connectivity index (χ0v) is 12.6. The Labute approximate surface area is 133 Å². The molecule has 0 radical (unpaired) electrons. The van der Waals surface area contributed by atoms with Crippen LogP contribution in [0.2, 0.25) is 0 Å². The monoisotopic (exact) mass is 312 g/mol. The van der Waals surface area contributed by atoms with Gasteiger partial charge in [-0.15, -0.1) is 0 Å². The van der Waals surface area contributed by atoms with Crippen LogP contribution in [0.4, 0.5) is 10.2 Å². The molecule has 2 aromatic rings. The molecule has 1 aliphatic carbocycles. The Morgan fingerprint density at radius 3 is 2.74 bits per heavy atom. The van der Waals surface area contributed by atoms with E-state index in [1.54, 1.807) is 24.4 Å². The van der Waals surface area contributed by atoms with Gasteiger partial charge in [-0.2, -0.15) is 0 Å². The standard InChI is InChI=1S/C18H17FN2O2/c19-17-12(10-22)2-1-3-15(17)13-6-16(11-4-5-11)18(20-7-13)21-8-14(23)9-21/h1-3,6-7,11,22H,4-5,8-10H2. The first-order valence-corrected chi connectivity index (χ1v) is 7.82. The SMILES string of the molecule is O=C1CN(c2ncc(-c3cccc(CO)c3F)cc2C2CC2)C1. The van der Waals surface area contributed by atoms with Crippen LogP contribution in [0.5, 0.6) is 0 Å². The van der Waals surface area contributed by atoms with Gasteiger partial charge in [0.2, 0.25) is 0 Å². The lowest BCUT2D eigenvalue weighted by atomic mass is 10.00. The Morgan fingerprint density at radius 2 is 2.09 bits per heavy atom. The molecular formula is C18H17FN2O2. The van der Waals surface area contributed by atoms with E-state index in [1.165, 1.54) is 0 Å². The van der Waals surface area contributed by atoms with Crippen LogP contribution in [0.1, 0.15) is 29.9 Å².